The van der Waals surface area contributed by atoms with Crippen LogP contribution in [0.15, 0.2) is 54.6 Å². The molecule has 3 amide bonds. The topological polar surface area (TPSA) is 79.0 Å². The molecule has 1 fully saturated rings. The first-order valence-electron chi connectivity index (χ1n) is 10.6. The predicted molar refractivity (Wildman–Crippen MR) is 118 cm³/mol. The molecule has 3 rings (SSSR count). The molecule has 0 aliphatic carbocycles. The molecule has 0 aromatic heterocycles. The lowest BCUT2D eigenvalue weighted by Crippen LogP contribution is -2.46. The summed E-state index contributed by atoms with van der Waals surface area (Å²) in [4.78, 5) is 40.8. The zero-order valence-electron chi connectivity index (χ0n) is 18.2. The number of ether oxygens (including phenoxy) is 1. The van der Waals surface area contributed by atoms with E-state index in [-0.39, 0.29) is 18.4 Å². The molecule has 0 spiro atoms. The van der Waals surface area contributed by atoms with Crippen molar-refractivity contribution >= 4 is 23.6 Å². The highest BCUT2D eigenvalue weighted by Crippen LogP contribution is 2.35. The molecule has 164 valence electrons. The second-order valence-electron chi connectivity index (χ2n) is 7.64. The fourth-order valence-electron chi connectivity index (χ4n) is 3.56. The van der Waals surface area contributed by atoms with Crippen molar-refractivity contribution in [2.45, 2.75) is 45.4 Å². The lowest BCUT2D eigenvalue weighted by molar-refractivity contribution is -0.135. The van der Waals surface area contributed by atoms with Crippen LogP contribution in [0, 0.1) is 0 Å². The molecule has 2 unspecified atom stereocenters. The smallest absolute Gasteiger partial charge is 0.411 e. The maximum atomic E-state index is 13.2. The van der Waals surface area contributed by atoms with Gasteiger partial charge in [0.05, 0.1) is 6.54 Å². The van der Waals surface area contributed by atoms with E-state index in [9.17, 15) is 14.4 Å². The van der Waals surface area contributed by atoms with Gasteiger partial charge in [0.15, 0.2) is 12.1 Å². The van der Waals surface area contributed by atoms with Crippen LogP contribution in [0.25, 0.3) is 0 Å². The molecule has 7 heteroatoms. The number of rotatable bonds is 8. The normalized spacial score (nSPS) is 17.9. The monoisotopic (exact) mass is 423 g/mol. The first kappa shape index (κ1) is 22.3. The van der Waals surface area contributed by atoms with Gasteiger partial charge in [0.2, 0.25) is 11.8 Å². The molecule has 1 heterocycles. The Morgan fingerprint density at radius 1 is 1.06 bits per heavy atom. The minimum Gasteiger partial charge on any atom is -0.438 e. The summed E-state index contributed by atoms with van der Waals surface area (Å²) in [5, 5.41) is 2.84. The first-order valence-corrected chi connectivity index (χ1v) is 10.6. The molecule has 0 bridgehead atoms. The molecular weight excluding hydrogens is 394 g/mol. The third-order valence-electron chi connectivity index (χ3n) is 5.38. The van der Waals surface area contributed by atoms with Crippen molar-refractivity contribution in [2.75, 3.05) is 18.9 Å². The number of carbonyl (C=O) groups is 3. The number of cyclic esters (lactones) is 1. The highest BCUT2D eigenvalue weighted by Gasteiger charge is 2.47. The summed E-state index contributed by atoms with van der Waals surface area (Å²) in [5.74, 6) is -0.219. The highest BCUT2D eigenvalue weighted by atomic mass is 16.6. The van der Waals surface area contributed by atoms with E-state index in [2.05, 4.69) is 5.32 Å². The van der Waals surface area contributed by atoms with Gasteiger partial charge in [0, 0.05) is 25.7 Å². The van der Waals surface area contributed by atoms with Crippen molar-refractivity contribution in [1.82, 2.24) is 9.80 Å². The SMILES string of the molecule is CCCC(=O)Nc1ccc(C2OC(=O)N(Cc3ccccc3)C2C(=O)N(C)CC)cc1. The van der Waals surface area contributed by atoms with Crippen molar-refractivity contribution in [3.63, 3.8) is 0 Å². The number of hydrogen-bond donors (Lipinski definition) is 1. The van der Waals surface area contributed by atoms with Crippen LogP contribution in [0.4, 0.5) is 10.5 Å². The molecule has 0 saturated carbocycles. The van der Waals surface area contributed by atoms with E-state index in [1.54, 1.807) is 36.2 Å². The minimum atomic E-state index is -0.766. The summed E-state index contributed by atoms with van der Waals surface area (Å²) in [7, 11) is 1.72. The minimum absolute atomic E-state index is 0.0470. The fourth-order valence-corrected chi connectivity index (χ4v) is 3.56. The number of nitrogens with zero attached hydrogens (tertiary/aromatic N) is 2. The summed E-state index contributed by atoms with van der Waals surface area (Å²) in [6.07, 6.45) is -0.0141. The van der Waals surface area contributed by atoms with Crippen LogP contribution in [-0.2, 0) is 20.9 Å². The van der Waals surface area contributed by atoms with E-state index in [0.717, 1.165) is 12.0 Å². The molecule has 2 atom stereocenters. The summed E-state index contributed by atoms with van der Waals surface area (Å²) >= 11 is 0. The second kappa shape index (κ2) is 10.1. The summed E-state index contributed by atoms with van der Waals surface area (Å²) in [6.45, 7) is 4.65. The Morgan fingerprint density at radius 2 is 1.74 bits per heavy atom. The highest BCUT2D eigenvalue weighted by molar-refractivity contribution is 5.91. The molecular formula is C24H29N3O4. The Bertz CT molecular complexity index is 914. The van der Waals surface area contributed by atoms with E-state index in [0.29, 0.717) is 24.2 Å². The molecule has 0 radical (unpaired) electrons. The van der Waals surface area contributed by atoms with Crippen molar-refractivity contribution in [3.05, 3.63) is 65.7 Å². The Morgan fingerprint density at radius 3 is 2.35 bits per heavy atom. The number of nitrogens with one attached hydrogen (secondary N) is 1. The molecule has 31 heavy (non-hydrogen) atoms. The summed E-state index contributed by atoms with van der Waals surface area (Å²) < 4.78 is 5.67. The van der Waals surface area contributed by atoms with Crippen molar-refractivity contribution in [1.29, 1.82) is 0 Å². The molecule has 7 nitrogen and oxygen atoms in total. The molecule has 1 aliphatic rings. The van der Waals surface area contributed by atoms with Gasteiger partial charge in [-0.25, -0.2) is 4.79 Å². The lowest BCUT2D eigenvalue weighted by atomic mass is 10.00. The number of amides is 3. The Hall–Kier alpha value is -3.35. The maximum Gasteiger partial charge on any atom is 0.411 e. The van der Waals surface area contributed by atoms with Crippen LogP contribution in [0.1, 0.15) is 43.9 Å². The van der Waals surface area contributed by atoms with Gasteiger partial charge in [-0.05, 0) is 36.6 Å². The number of anilines is 1. The van der Waals surface area contributed by atoms with Crippen LogP contribution in [-0.4, -0.2) is 47.3 Å². The molecule has 2 aromatic rings. The van der Waals surface area contributed by atoms with Gasteiger partial charge >= 0.3 is 6.09 Å². The number of carbonyl (C=O) groups excluding carboxylic acids is 3. The molecule has 1 saturated heterocycles. The zero-order chi connectivity index (χ0) is 22.4. The van der Waals surface area contributed by atoms with Gasteiger partial charge in [0.1, 0.15) is 0 Å². The largest absolute Gasteiger partial charge is 0.438 e. The average Bonchev–Trinajstić information content (AvgIpc) is 3.10. The average molecular weight is 424 g/mol. The fraction of sp³-hybridized carbons (Fsp3) is 0.375. The van der Waals surface area contributed by atoms with Crippen LogP contribution in [0.2, 0.25) is 0 Å². The third-order valence-corrected chi connectivity index (χ3v) is 5.38. The number of hydrogen-bond acceptors (Lipinski definition) is 4. The van der Waals surface area contributed by atoms with Crippen molar-refractivity contribution in [3.8, 4) is 0 Å². The maximum absolute atomic E-state index is 13.2. The van der Waals surface area contributed by atoms with E-state index in [1.807, 2.05) is 44.2 Å². The third kappa shape index (κ3) is 5.23. The quantitative estimate of drug-likeness (QED) is 0.697. The predicted octanol–water partition coefficient (Wildman–Crippen LogP) is 3.97. The van der Waals surface area contributed by atoms with Gasteiger partial charge in [-0.15, -0.1) is 0 Å². The van der Waals surface area contributed by atoms with Crippen molar-refractivity contribution < 1.29 is 19.1 Å². The Kier molecular flexibility index (Phi) is 7.28. The summed E-state index contributed by atoms with van der Waals surface area (Å²) in [6, 6.07) is 15.9. The van der Waals surface area contributed by atoms with Gasteiger partial charge in [-0.2, -0.15) is 0 Å². The lowest BCUT2D eigenvalue weighted by Gasteiger charge is -2.28. The Labute approximate surface area is 183 Å². The van der Waals surface area contributed by atoms with E-state index < -0.39 is 18.2 Å². The standard InChI is InChI=1S/C24H29N3O4/c1-4-9-20(28)25-19-14-12-18(13-15-19)22-21(23(29)26(3)5-2)27(24(30)31-22)16-17-10-7-6-8-11-17/h6-8,10-15,21-22H,4-5,9,16H2,1-3H3,(H,25,28). The number of likely N-dealkylation sites (N-methyl/N-ethyl adjacent to an activating group) is 1. The molecule has 2 aromatic carbocycles. The van der Waals surface area contributed by atoms with Crippen LogP contribution in [0.3, 0.4) is 0 Å². The van der Waals surface area contributed by atoms with Gasteiger partial charge < -0.3 is 15.0 Å². The molecule has 1 N–H and O–H groups in total. The molecule has 1 aliphatic heterocycles. The Balaban J connectivity index is 1.86. The first-order chi connectivity index (χ1) is 14.9. The van der Waals surface area contributed by atoms with E-state index in [1.165, 1.54) is 4.90 Å². The summed E-state index contributed by atoms with van der Waals surface area (Å²) in [5.41, 5.74) is 2.30. The second-order valence-corrected chi connectivity index (χ2v) is 7.64. The zero-order valence-corrected chi connectivity index (χ0v) is 18.2. The van der Waals surface area contributed by atoms with Gasteiger partial charge in [-0.3, -0.25) is 14.5 Å². The van der Waals surface area contributed by atoms with Gasteiger partial charge in [0.25, 0.3) is 0 Å². The number of benzene rings is 2. The van der Waals surface area contributed by atoms with Crippen LogP contribution in [0.5, 0.6) is 0 Å². The van der Waals surface area contributed by atoms with Crippen LogP contribution < -0.4 is 5.32 Å². The van der Waals surface area contributed by atoms with Gasteiger partial charge in [-0.1, -0.05) is 49.4 Å². The van der Waals surface area contributed by atoms with E-state index >= 15 is 0 Å². The van der Waals surface area contributed by atoms with Crippen LogP contribution >= 0.6 is 0 Å². The van der Waals surface area contributed by atoms with E-state index in [4.69, 9.17) is 4.74 Å². The van der Waals surface area contributed by atoms with Crippen molar-refractivity contribution in [2.24, 2.45) is 0 Å².